The third-order valence-electron chi connectivity index (χ3n) is 11.8. The molecule has 5 atom stereocenters. The van der Waals surface area contributed by atoms with Crippen LogP contribution in [0, 0.1) is 17.2 Å². The van der Waals surface area contributed by atoms with Crippen molar-refractivity contribution in [3.63, 3.8) is 0 Å². The zero-order chi connectivity index (χ0) is 47.6. The van der Waals surface area contributed by atoms with E-state index in [9.17, 15) is 24.3 Å². The number of β-amino-alcohol motifs (C(OH)–C–C–N with tert-alkyl or cyclic N) is 1. The van der Waals surface area contributed by atoms with Crippen LogP contribution < -0.4 is 26.4 Å². The minimum absolute atomic E-state index is 0.0169. The molecule has 19 heteroatoms. The van der Waals surface area contributed by atoms with Gasteiger partial charge >= 0.3 is 12.1 Å². The van der Waals surface area contributed by atoms with Gasteiger partial charge in [0, 0.05) is 64.5 Å². The number of oxime groups is 1. The lowest BCUT2D eigenvalue weighted by Crippen LogP contribution is -2.63. The molecule has 0 spiro atoms. The van der Waals surface area contributed by atoms with Gasteiger partial charge < -0.3 is 50.5 Å². The van der Waals surface area contributed by atoms with Gasteiger partial charge in [-0.05, 0) is 82.7 Å². The van der Waals surface area contributed by atoms with Gasteiger partial charge in [-0.3, -0.25) is 29.5 Å². The summed E-state index contributed by atoms with van der Waals surface area (Å²) in [5, 5.41) is 39.8. The first kappa shape index (κ1) is 51.5. The van der Waals surface area contributed by atoms with E-state index in [0.29, 0.717) is 56.1 Å². The number of aliphatic hydroxyl groups is 1. The molecule has 2 aromatic carbocycles. The third-order valence-corrected chi connectivity index (χ3v) is 11.8. The standard InChI is InChI=1S/C24H35N5O5.C23H34N4O5/c1-2-34-20(30)15-26-21(17-6-4-3-5-7-17)24(32)29-13-12-19(29)23(31)27-14-16-8-10-18(11-9-16)22(25)28-33;1-23(2,3)32-22(29)25-8-9-26-12-20-14-27(15-21(13-26)31-20)11-18(28)16-30-19-6-4-17(10-24)5-7-19/h8-11,17,19,21,26,33H,2-7,12-15H2,1H3,(H2,25,28)(H,27,31);4-7,18,20-21,28H,8-9,11-16H2,1-3H3,(H,25,29)/t19-,21+;18-,20?,21?/m00/s1. The van der Waals surface area contributed by atoms with Crippen molar-refractivity contribution in [3.8, 4) is 11.8 Å². The molecule has 4 fully saturated rings. The van der Waals surface area contributed by atoms with E-state index in [1.165, 1.54) is 0 Å². The highest BCUT2D eigenvalue weighted by Crippen LogP contribution is 2.30. The molecule has 1 aliphatic carbocycles. The number of rotatable bonds is 18. The second kappa shape index (κ2) is 25.4. The number of nitrogens with one attached hydrogen (secondary N) is 3. The van der Waals surface area contributed by atoms with Gasteiger partial charge in [0.25, 0.3) is 0 Å². The van der Waals surface area contributed by atoms with E-state index in [1.807, 2.05) is 20.8 Å². The first-order valence-corrected chi connectivity index (χ1v) is 23.1. The van der Waals surface area contributed by atoms with Crippen LogP contribution >= 0.6 is 0 Å². The molecule has 66 heavy (non-hydrogen) atoms. The van der Waals surface area contributed by atoms with Crippen molar-refractivity contribution in [2.45, 2.75) is 109 Å². The number of morpholine rings is 2. The number of hydrogen-bond acceptors (Lipinski definition) is 15. The van der Waals surface area contributed by atoms with E-state index in [0.717, 1.165) is 70.4 Å². The van der Waals surface area contributed by atoms with Crippen LogP contribution in [0.15, 0.2) is 53.7 Å². The van der Waals surface area contributed by atoms with Gasteiger partial charge in [0.2, 0.25) is 11.8 Å². The third kappa shape index (κ3) is 16.4. The zero-order valence-electron chi connectivity index (χ0n) is 38.8. The van der Waals surface area contributed by atoms with Crippen molar-refractivity contribution in [3.05, 3.63) is 65.2 Å². The number of benzene rings is 2. The predicted octanol–water partition coefficient (Wildman–Crippen LogP) is 2.31. The first-order valence-electron chi connectivity index (χ1n) is 23.1. The van der Waals surface area contributed by atoms with Gasteiger partial charge in [0.1, 0.15) is 30.1 Å². The van der Waals surface area contributed by atoms with Crippen LogP contribution in [0.3, 0.4) is 0 Å². The predicted molar refractivity (Wildman–Crippen MR) is 244 cm³/mol. The fourth-order valence-electron chi connectivity index (χ4n) is 8.58. The van der Waals surface area contributed by atoms with E-state index >= 15 is 0 Å². The maximum atomic E-state index is 13.4. The Bertz CT molecular complexity index is 1940. The number of likely N-dealkylation sites (tertiary alicyclic amines) is 1. The van der Waals surface area contributed by atoms with Gasteiger partial charge in [-0.15, -0.1) is 0 Å². The molecule has 3 heterocycles. The lowest BCUT2D eigenvalue weighted by Gasteiger charge is -2.46. The average molecular weight is 920 g/mol. The second-order valence-electron chi connectivity index (χ2n) is 18.2. The number of nitriles is 1. The molecule has 6 rings (SSSR count). The van der Waals surface area contributed by atoms with Gasteiger partial charge in [-0.25, -0.2) is 4.79 Å². The molecule has 362 valence electrons. The van der Waals surface area contributed by atoms with E-state index in [4.69, 9.17) is 35.2 Å². The van der Waals surface area contributed by atoms with Crippen molar-refractivity contribution in [1.29, 1.82) is 5.26 Å². The van der Waals surface area contributed by atoms with Crippen LogP contribution in [0.1, 0.15) is 82.9 Å². The lowest BCUT2D eigenvalue weighted by molar-refractivity contribution is -0.151. The summed E-state index contributed by atoms with van der Waals surface area (Å²) in [6.45, 7) is 13.5. The van der Waals surface area contributed by atoms with E-state index in [2.05, 4.69) is 37.0 Å². The summed E-state index contributed by atoms with van der Waals surface area (Å²) in [6.07, 6.45) is 4.90. The number of alkyl carbamates (subject to hydrolysis) is 1. The summed E-state index contributed by atoms with van der Waals surface area (Å²) < 4.78 is 22.0. The summed E-state index contributed by atoms with van der Waals surface area (Å²) in [5.74, 6) is 0.0971. The SMILES string of the molecule is CC(C)(C)OC(=O)NCCN1CC2CN(C[C@H](O)COc3ccc(C#N)cc3)CC(C1)O2.CCOC(=O)CN[C@@H](C(=O)N1CC[C@H]1C(=O)NCc1ccc(/C(N)=N/O)cc1)C1CCCCC1. The maximum Gasteiger partial charge on any atom is 0.407 e. The van der Waals surface area contributed by atoms with Gasteiger partial charge in [0.05, 0.1) is 43.0 Å². The van der Waals surface area contributed by atoms with Gasteiger partial charge in [-0.2, -0.15) is 5.26 Å². The Hall–Kier alpha value is -5.52. The summed E-state index contributed by atoms with van der Waals surface area (Å²) in [4.78, 5) is 56.0. The van der Waals surface area contributed by atoms with Gasteiger partial charge in [0.15, 0.2) is 5.84 Å². The number of esters is 1. The highest BCUT2D eigenvalue weighted by atomic mass is 16.6. The van der Waals surface area contributed by atoms with Crippen molar-refractivity contribution in [2.24, 2.45) is 16.8 Å². The number of aliphatic hydroxyl groups excluding tert-OH is 1. The maximum absolute atomic E-state index is 13.4. The number of amides is 3. The number of nitrogens with two attached hydrogens (primary N) is 1. The number of carbonyl (C=O) groups excluding carboxylic acids is 4. The molecule has 19 nitrogen and oxygen atoms in total. The molecular formula is C47H69N9O10. The summed E-state index contributed by atoms with van der Waals surface area (Å²) in [7, 11) is 0. The molecule has 2 unspecified atom stereocenters. The van der Waals surface area contributed by atoms with E-state index < -0.39 is 29.9 Å². The Morgan fingerprint density at radius 2 is 1.62 bits per heavy atom. The molecule has 0 radical (unpaired) electrons. The Kier molecular flexibility index (Phi) is 19.8. The lowest BCUT2D eigenvalue weighted by atomic mass is 9.82. The van der Waals surface area contributed by atoms with Crippen LogP contribution in [0.5, 0.6) is 5.75 Å². The number of hydrogen-bond donors (Lipinski definition) is 6. The number of carbonyl (C=O) groups is 4. The quantitative estimate of drug-likeness (QED) is 0.0413. The number of nitrogens with zero attached hydrogens (tertiary/aromatic N) is 5. The Morgan fingerprint density at radius 1 is 0.955 bits per heavy atom. The molecule has 2 bridgehead atoms. The molecule has 7 N–H and O–H groups in total. The van der Waals surface area contributed by atoms with Crippen molar-refractivity contribution in [2.75, 3.05) is 72.1 Å². The minimum Gasteiger partial charge on any atom is -0.491 e. The van der Waals surface area contributed by atoms with Crippen molar-refractivity contribution >= 4 is 29.7 Å². The Morgan fingerprint density at radius 3 is 2.21 bits per heavy atom. The molecule has 3 aliphatic heterocycles. The molecule has 0 aromatic heterocycles. The van der Waals surface area contributed by atoms with Crippen LogP contribution in [0.4, 0.5) is 4.79 Å². The largest absolute Gasteiger partial charge is 0.491 e. The smallest absolute Gasteiger partial charge is 0.407 e. The summed E-state index contributed by atoms with van der Waals surface area (Å²) in [6, 6.07) is 14.9. The summed E-state index contributed by atoms with van der Waals surface area (Å²) in [5.41, 5.74) is 7.08. The fourth-order valence-corrected chi connectivity index (χ4v) is 8.58. The second-order valence-corrected chi connectivity index (χ2v) is 18.2. The van der Waals surface area contributed by atoms with Crippen LogP contribution in [0.2, 0.25) is 0 Å². The van der Waals surface area contributed by atoms with Crippen LogP contribution in [0.25, 0.3) is 0 Å². The Labute approximate surface area is 387 Å². The Balaban J connectivity index is 0.000000248. The minimum atomic E-state index is -0.612. The number of ether oxygens (including phenoxy) is 4. The van der Waals surface area contributed by atoms with E-state index in [1.54, 1.807) is 60.4 Å². The topological polar surface area (TPSA) is 254 Å². The number of amidine groups is 1. The molecule has 3 amide bonds. The molecule has 4 aliphatic rings. The van der Waals surface area contributed by atoms with Crippen molar-refractivity contribution in [1.82, 2.24) is 30.7 Å². The monoisotopic (exact) mass is 920 g/mol. The highest BCUT2D eigenvalue weighted by Gasteiger charge is 2.42. The van der Waals surface area contributed by atoms with Crippen LogP contribution in [-0.2, 0) is 35.1 Å². The summed E-state index contributed by atoms with van der Waals surface area (Å²) >= 11 is 0. The van der Waals surface area contributed by atoms with Gasteiger partial charge in [-0.1, -0.05) is 48.7 Å². The first-order chi connectivity index (χ1) is 31.6. The molecular weight excluding hydrogens is 851 g/mol. The molecule has 3 saturated heterocycles. The number of fused-ring (bicyclic) bond motifs is 2. The highest BCUT2D eigenvalue weighted by molar-refractivity contribution is 5.97. The van der Waals surface area contributed by atoms with Crippen molar-refractivity contribution < 1.29 is 48.4 Å². The van der Waals surface area contributed by atoms with Crippen LogP contribution in [-0.4, -0.2) is 163 Å². The molecule has 1 saturated carbocycles. The van der Waals surface area contributed by atoms with E-state index in [-0.39, 0.29) is 54.9 Å². The average Bonchev–Trinajstić information content (AvgIpc) is 3.27. The normalized spacial score (nSPS) is 21.1. The zero-order valence-corrected chi connectivity index (χ0v) is 38.8. The molecule has 2 aromatic rings. The fraction of sp³-hybridized carbons (Fsp3) is 0.617.